The van der Waals surface area contributed by atoms with Gasteiger partial charge in [-0.25, -0.2) is 0 Å². The number of aliphatic hydroxyl groups is 1. The Hall–Kier alpha value is -0.561. The molecule has 1 nitrogen and oxygen atoms in total. The van der Waals surface area contributed by atoms with E-state index in [0.29, 0.717) is 15.0 Å². The second-order valence-corrected chi connectivity index (χ2v) is 5.90. The first-order valence-corrected chi connectivity index (χ1v) is 7.11. The van der Waals surface area contributed by atoms with Gasteiger partial charge in [-0.05, 0) is 0 Å². The average molecular weight is 269 g/mol. The van der Waals surface area contributed by atoms with Crippen LogP contribution in [0.15, 0.2) is 40.9 Å². The number of aliphatic hydroxyl groups excluding tert-OH is 1. The monoisotopic (exact) mass is 270 g/mol. The third-order valence-electron chi connectivity index (χ3n) is 2.08. The van der Waals surface area contributed by atoms with Gasteiger partial charge >= 0.3 is 98.2 Å². The van der Waals surface area contributed by atoms with Crippen LogP contribution in [0.3, 0.4) is 0 Å². The second kappa shape index (κ2) is 7.70. The maximum atomic E-state index is 9.23. The SMILES string of the molecule is CCCC/C=C(/CO)[Se]c1ccccc1. The second-order valence-electron chi connectivity index (χ2n) is 3.39. The van der Waals surface area contributed by atoms with E-state index in [-0.39, 0.29) is 6.61 Å². The van der Waals surface area contributed by atoms with Gasteiger partial charge in [0.25, 0.3) is 0 Å². The summed E-state index contributed by atoms with van der Waals surface area (Å²) in [6, 6.07) is 10.4. The molecule has 0 saturated heterocycles. The van der Waals surface area contributed by atoms with Gasteiger partial charge in [-0.1, -0.05) is 0 Å². The van der Waals surface area contributed by atoms with Gasteiger partial charge in [0.1, 0.15) is 0 Å². The normalized spacial score (nSPS) is 11.7. The third kappa shape index (κ3) is 5.17. The fraction of sp³-hybridized carbons (Fsp3) is 0.385. The number of benzene rings is 1. The summed E-state index contributed by atoms with van der Waals surface area (Å²) < 4.78 is 2.53. The van der Waals surface area contributed by atoms with Crippen LogP contribution in [0.1, 0.15) is 26.2 Å². The van der Waals surface area contributed by atoms with Crippen LogP contribution in [0.4, 0.5) is 0 Å². The maximum absolute atomic E-state index is 9.23. The van der Waals surface area contributed by atoms with Gasteiger partial charge < -0.3 is 0 Å². The summed E-state index contributed by atoms with van der Waals surface area (Å²) >= 11 is 0.295. The summed E-state index contributed by atoms with van der Waals surface area (Å²) in [6.07, 6.45) is 5.74. The summed E-state index contributed by atoms with van der Waals surface area (Å²) in [4.78, 5) is 0. The van der Waals surface area contributed by atoms with Crippen molar-refractivity contribution in [3.63, 3.8) is 0 Å². The van der Waals surface area contributed by atoms with Gasteiger partial charge in [-0.15, -0.1) is 0 Å². The molecule has 0 radical (unpaired) electrons. The van der Waals surface area contributed by atoms with Gasteiger partial charge in [0.05, 0.1) is 0 Å². The van der Waals surface area contributed by atoms with E-state index < -0.39 is 0 Å². The molecular weight excluding hydrogens is 251 g/mol. The molecule has 1 aromatic rings. The zero-order valence-corrected chi connectivity index (χ0v) is 10.9. The molecule has 0 spiro atoms. The molecule has 0 aliphatic rings. The topological polar surface area (TPSA) is 20.2 Å². The van der Waals surface area contributed by atoms with Crippen molar-refractivity contribution in [2.75, 3.05) is 6.61 Å². The van der Waals surface area contributed by atoms with E-state index in [2.05, 4.69) is 37.3 Å². The van der Waals surface area contributed by atoms with Crippen molar-refractivity contribution in [3.8, 4) is 0 Å². The Kier molecular flexibility index (Phi) is 6.42. The van der Waals surface area contributed by atoms with Gasteiger partial charge in [-0.2, -0.15) is 0 Å². The van der Waals surface area contributed by atoms with Crippen molar-refractivity contribution in [3.05, 3.63) is 40.9 Å². The van der Waals surface area contributed by atoms with Crippen molar-refractivity contribution < 1.29 is 5.11 Å². The minimum atomic E-state index is 0.207. The zero-order valence-electron chi connectivity index (χ0n) is 9.15. The zero-order chi connectivity index (χ0) is 10.9. The van der Waals surface area contributed by atoms with Crippen molar-refractivity contribution in [2.45, 2.75) is 26.2 Å². The van der Waals surface area contributed by atoms with Crippen LogP contribution in [-0.2, 0) is 0 Å². The number of hydrogen-bond donors (Lipinski definition) is 1. The predicted molar refractivity (Wildman–Crippen MR) is 66.5 cm³/mol. The van der Waals surface area contributed by atoms with Crippen LogP contribution in [0, 0.1) is 0 Å². The van der Waals surface area contributed by atoms with E-state index in [9.17, 15) is 5.11 Å². The molecule has 0 aliphatic heterocycles. The fourth-order valence-electron chi connectivity index (χ4n) is 1.25. The first kappa shape index (κ1) is 12.5. The van der Waals surface area contributed by atoms with Gasteiger partial charge in [-0.3, -0.25) is 0 Å². The minimum absolute atomic E-state index is 0.207. The van der Waals surface area contributed by atoms with Crippen LogP contribution in [0.2, 0.25) is 0 Å². The van der Waals surface area contributed by atoms with E-state index in [4.69, 9.17) is 0 Å². The van der Waals surface area contributed by atoms with Crippen LogP contribution < -0.4 is 4.46 Å². The Bertz CT molecular complexity index is 293. The summed E-state index contributed by atoms with van der Waals surface area (Å²) in [5, 5.41) is 9.23. The number of unbranched alkanes of at least 4 members (excludes halogenated alkanes) is 2. The molecule has 1 aromatic carbocycles. The fourth-order valence-corrected chi connectivity index (χ4v) is 3.05. The van der Waals surface area contributed by atoms with E-state index in [1.807, 2.05) is 6.07 Å². The van der Waals surface area contributed by atoms with E-state index in [1.165, 1.54) is 21.8 Å². The molecule has 2 heteroatoms. The molecule has 0 bridgehead atoms. The van der Waals surface area contributed by atoms with Gasteiger partial charge in [0, 0.05) is 0 Å². The molecule has 0 unspecified atom stereocenters. The molecule has 0 aromatic heterocycles. The van der Waals surface area contributed by atoms with Crippen LogP contribution >= 0.6 is 0 Å². The molecule has 0 fully saturated rings. The first-order chi connectivity index (χ1) is 7.36. The van der Waals surface area contributed by atoms with Crippen LogP contribution in [-0.4, -0.2) is 26.7 Å². The van der Waals surface area contributed by atoms with Crippen molar-refractivity contribution in [1.82, 2.24) is 0 Å². The molecule has 1 N–H and O–H groups in total. The molecule has 1 rings (SSSR count). The summed E-state index contributed by atoms with van der Waals surface area (Å²) in [5.74, 6) is 0. The third-order valence-corrected chi connectivity index (χ3v) is 4.31. The molecule has 0 saturated carbocycles. The number of hydrogen-bond acceptors (Lipinski definition) is 1. The standard InChI is InChI=1S/C13H18OSe/c1-2-3-5-10-13(11-14)15-12-8-6-4-7-9-12/h4,6-10,14H,2-3,5,11H2,1H3/b13-10-. The first-order valence-electron chi connectivity index (χ1n) is 5.39. The molecule has 0 amide bonds. The van der Waals surface area contributed by atoms with E-state index in [0.717, 1.165) is 6.42 Å². The summed E-state index contributed by atoms with van der Waals surface area (Å²) in [7, 11) is 0. The Morgan fingerprint density at radius 3 is 2.67 bits per heavy atom. The van der Waals surface area contributed by atoms with E-state index >= 15 is 0 Å². The Balaban J connectivity index is 2.50. The van der Waals surface area contributed by atoms with Gasteiger partial charge in [0.2, 0.25) is 0 Å². The van der Waals surface area contributed by atoms with Crippen molar-refractivity contribution >= 4 is 19.4 Å². The molecule has 0 aliphatic carbocycles. The predicted octanol–water partition coefficient (Wildman–Crippen LogP) is 2.08. The van der Waals surface area contributed by atoms with Crippen LogP contribution in [0.25, 0.3) is 0 Å². The molecule has 82 valence electrons. The van der Waals surface area contributed by atoms with Crippen molar-refractivity contribution in [1.29, 1.82) is 0 Å². The molecule has 0 atom stereocenters. The molecule has 0 heterocycles. The van der Waals surface area contributed by atoms with E-state index in [1.54, 1.807) is 0 Å². The number of rotatable bonds is 6. The summed E-state index contributed by atoms with van der Waals surface area (Å²) in [5.41, 5.74) is 0. The van der Waals surface area contributed by atoms with Crippen LogP contribution in [0.5, 0.6) is 0 Å². The molecular formula is C13H18OSe. The molecule has 15 heavy (non-hydrogen) atoms. The van der Waals surface area contributed by atoms with Gasteiger partial charge in [0.15, 0.2) is 0 Å². The quantitative estimate of drug-likeness (QED) is 0.619. The Labute approximate surface area is 98.4 Å². The number of allylic oxidation sites excluding steroid dienone is 1. The average Bonchev–Trinajstić information content (AvgIpc) is 2.29. The van der Waals surface area contributed by atoms with Crippen molar-refractivity contribution in [2.24, 2.45) is 0 Å². The Morgan fingerprint density at radius 1 is 1.33 bits per heavy atom. The Morgan fingerprint density at radius 2 is 2.07 bits per heavy atom. The summed E-state index contributed by atoms with van der Waals surface area (Å²) in [6.45, 7) is 2.40.